The lowest BCUT2D eigenvalue weighted by atomic mass is 9.95. The maximum Gasteiger partial charge on any atom is 0.216 e. The molecule has 0 radical (unpaired) electrons. The van der Waals surface area contributed by atoms with Gasteiger partial charge in [-0.15, -0.1) is 0 Å². The van der Waals surface area contributed by atoms with E-state index in [4.69, 9.17) is 5.73 Å². The normalized spacial score (nSPS) is 12.6. The number of halogens is 1. The van der Waals surface area contributed by atoms with Gasteiger partial charge in [-0.05, 0) is 18.9 Å². The Morgan fingerprint density at radius 2 is 1.84 bits per heavy atom. The first kappa shape index (κ1) is 16.1. The van der Waals surface area contributed by atoms with Gasteiger partial charge < -0.3 is 5.73 Å². The molecule has 0 aliphatic carbocycles. The van der Waals surface area contributed by atoms with Crippen molar-refractivity contribution in [3.05, 3.63) is 35.6 Å². The summed E-state index contributed by atoms with van der Waals surface area (Å²) in [5.74, 6) is -0.888. The average molecular weight is 288 g/mol. The van der Waals surface area contributed by atoms with E-state index in [9.17, 15) is 12.8 Å². The molecule has 0 heterocycles. The molecule has 0 spiro atoms. The Bertz CT molecular complexity index is 505. The molecular weight excluding hydrogens is 267 g/mol. The summed E-state index contributed by atoms with van der Waals surface area (Å²) in [6.07, 6.45) is 1.19. The Hall–Kier alpha value is -0.980. The van der Waals surface area contributed by atoms with Crippen molar-refractivity contribution >= 4 is 10.0 Å². The second kappa shape index (κ2) is 6.45. The lowest BCUT2D eigenvalue weighted by Crippen LogP contribution is -2.53. The van der Waals surface area contributed by atoms with Crippen LogP contribution in [-0.2, 0) is 15.8 Å². The molecule has 0 unspecified atom stereocenters. The summed E-state index contributed by atoms with van der Waals surface area (Å²) in [5.41, 5.74) is 5.17. The largest absolute Gasteiger partial charge is 0.329 e. The zero-order valence-electron chi connectivity index (χ0n) is 11.3. The van der Waals surface area contributed by atoms with Gasteiger partial charge in [-0.2, -0.15) is 0 Å². The highest BCUT2D eigenvalue weighted by atomic mass is 32.2. The number of nitrogens with two attached hydrogens (primary N) is 1. The first-order chi connectivity index (χ1) is 8.88. The summed E-state index contributed by atoms with van der Waals surface area (Å²) in [6, 6.07) is 5.86. The van der Waals surface area contributed by atoms with Gasteiger partial charge in [0.1, 0.15) is 5.82 Å². The third kappa shape index (κ3) is 4.26. The lowest BCUT2D eigenvalue weighted by molar-refractivity contribution is 0.363. The molecule has 1 rings (SSSR count). The van der Waals surface area contributed by atoms with Gasteiger partial charge in [-0.25, -0.2) is 17.5 Å². The minimum absolute atomic E-state index is 0.160. The third-order valence-electron chi connectivity index (χ3n) is 3.42. The summed E-state index contributed by atoms with van der Waals surface area (Å²) < 4.78 is 40.3. The standard InChI is InChI=1S/C13H21FN2O2S/c1-3-13(4-2,10-15)16-19(17,18)9-11-7-5-6-8-12(11)14/h5-8,16H,3-4,9-10,15H2,1-2H3. The molecule has 0 saturated carbocycles. The predicted octanol–water partition coefficient (Wildman–Crippen LogP) is 1.76. The maximum atomic E-state index is 13.5. The molecule has 0 saturated heterocycles. The molecule has 0 bridgehead atoms. The van der Waals surface area contributed by atoms with Crippen molar-refractivity contribution in [2.24, 2.45) is 5.73 Å². The second-order valence-electron chi connectivity index (χ2n) is 4.64. The molecular formula is C13H21FN2O2S. The predicted molar refractivity (Wildman–Crippen MR) is 74.5 cm³/mol. The molecule has 0 aromatic heterocycles. The van der Waals surface area contributed by atoms with E-state index in [2.05, 4.69) is 4.72 Å². The Morgan fingerprint density at radius 3 is 2.32 bits per heavy atom. The first-order valence-corrected chi connectivity index (χ1v) is 7.98. The molecule has 108 valence electrons. The van der Waals surface area contributed by atoms with E-state index in [1.807, 2.05) is 13.8 Å². The van der Waals surface area contributed by atoms with E-state index in [1.165, 1.54) is 18.2 Å². The van der Waals surface area contributed by atoms with E-state index >= 15 is 0 Å². The molecule has 1 aromatic carbocycles. The Labute approximate surface area is 114 Å². The SMILES string of the molecule is CCC(CC)(CN)NS(=O)(=O)Cc1ccccc1F. The zero-order chi connectivity index (χ0) is 14.5. The number of hydrogen-bond donors (Lipinski definition) is 2. The van der Waals surface area contributed by atoms with Crippen molar-refractivity contribution in [3.63, 3.8) is 0 Å². The third-order valence-corrected chi connectivity index (χ3v) is 4.85. The van der Waals surface area contributed by atoms with Crippen molar-refractivity contribution < 1.29 is 12.8 Å². The minimum Gasteiger partial charge on any atom is -0.329 e. The molecule has 3 N–H and O–H groups in total. The monoisotopic (exact) mass is 288 g/mol. The second-order valence-corrected chi connectivity index (χ2v) is 6.37. The number of sulfonamides is 1. The van der Waals surface area contributed by atoms with Crippen molar-refractivity contribution in [2.75, 3.05) is 6.54 Å². The van der Waals surface area contributed by atoms with Crippen LogP contribution in [0.5, 0.6) is 0 Å². The Morgan fingerprint density at radius 1 is 1.26 bits per heavy atom. The van der Waals surface area contributed by atoms with Gasteiger partial charge in [0.25, 0.3) is 0 Å². The topological polar surface area (TPSA) is 72.2 Å². The maximum absolute atomic E-state index is 13.5. The van der Waals surface area contributed by atoms with Gasteiger partial charge in [0.15, 0.2) is 0 Å². The van der Waals surface area contributed by atoms with Crippen LogP contribution in [-0.4, -0.2) is 20.5 Å². The molecule has 0 aliphatic heterocycles. The van der Waals surface area contributed by atoms with Crippen LogP contribution in [0.1, 0.15) is 32.3 Å². The van der Waals surface area contributed by atoms with E-state index in [-0.39, 0.29) is 17.9 Å². The van der Waals surface area contributed by atoms with Gasteiger partial charge in [0.05, 0.1) is 5.75 Å². The van der Waals surface area contributed by atoms with Gasteiger partial charge >= 0.3 is 0 Å². The van der Waals surface area contributed by atoms with Gasteiger partial charge in [-0.3, -0.25) is 0 Å². The summed E-state index contributed by atoms with van der Waals surface area (Å²) in [6.45, 7) is 3.97. The highest BCUT2D eigenvalue weighted by Crippen LogP contribution is 2.17. The molecule has 0 atom stereocenters. The number of rotatable bonds is 7. The number of hydrogen-bond acceptors (Lipinski definition) is 3. The Kier molecular flexibility index (Phi) is 5.46. The molecule has 1 aromatic rings. The summed E-state index contributed by atoms with van der Waals surface area (Å²) in [7, 11) is -3.62. The van der Waals surface area contributed by atoms with Crippen molar-refractivity contribution in [1.29, 1.82) is 0 Å². The van der Waals surface area contributed by atoms with E-state index in [0.717, 1.165) is 0 Å². The molecule has 0 aliphatic rings. The van der Waals surface area contributed by atoms with E-state index in [1.54, 1.807) is 6.07 Å². The molecule has 4 nitrogen and oxygen atoms in total. The van der Waals surface area contributed by atoms with E-state index < -0.39 is 21.4 Å². The van der Waals surface area contributed by atoms with Gasteiger partial charge in [0.2, 0.25) is 10.0 Å². The van der Waals surface area contributed by atoms with Crippen molar-refractivity contribution in [3.8, 4) is 0 Å². The molecule has 0 fully saturated rings. The van der Waals surface area contributed by atoms with Crippen molar-refractivity contribution in [2.45, 2.75) is 38.0 Å². The summed E-state index contributed by atoms with van der Waals surface area (Å²) >= 11 is 0. The van der Waals surface area contributed by atoms with Crippen LogP contribution in [0.2, 0.25) is 0 Å². The van der Waals surface area contributed by atoms with Gasteiger partial charge in [-0.1, -0.05) is 32.0 Å². The minimum atomic E-state index is -3.62. The highest BCUT2D eigenvalue weighted by molar-refractivity contribution is 7.88. The van der Waals surface area contributed by atoms with Crippen LogP contribution in [0.15, 0.2) is 24.3 Å². The van der Waals surface area contributed by atoms with Crippen LogP contribution < -0.4 is 10.5 Å². The zero-order valence-corrected chi connectivity index (χ0v) is 12.1. The fraction of sp³-hybridized carbons (Fsp3) is 0.538. The quantitative estimate of drug-likeness (QED) is 0.803. The number of nitrogens with one attached hydrogen (secondary N) is 1. The smallest absolute Gasteiger partial charge is 0.216 e. The lowest BCUT2D eigenvalue weighted by Gasteiger charge is -2.31. The van der Waals surface area contributed by atoms with E-state index in [0.29, 0.717) is 12.8 Å². The summed E-state index contributed by atoms with van der Waals surface area (Å²) in [4.78, 5) is 0. The first-order valence-electron chi connectivity index (χ1n) is 6.33. The Balaban J connectivity index is 2.91. The molecule has 19 heavy (non-hydrogen) atoms. The fourth-order valence-corrected chi connectivity index (χ4v) is 3.66. The molecule has 0 amide bonds. The highest BCUT2D eigenvalue weighted by Gasteiger charge is 2.30. The van der Waals surface area contributed by atoms with Crippen LogP contribution in [0.3, 0.4) is 0 Å². The number of benzene rings is 1. The van der Waals surface area contributed by atoms with Crippen LogP contribution >= 0.6 is 0 Å². The van der Waals surface area contributed by atoms with Crippen LogP contribution in [0.25, 0.3) is 0 Å². The average Bonchev–Trinajstić information content (AvgIpc) is 2.39. The van der Waals surface area contributed by atoms with Crippen molar-refractivity contribution in [1.82, 2.24) is 4.72 Å². The fourth-order valence-electron chi connectivity index (χ4n) is 1.91. The van der Waals surface area contributed by atoms with Crippen LogP contribution in [0, 0.1) is 5.82 Å². The molecule has 6 heteroatoms. The van der Waals surface area contributed by atoms with Gasteiger partial charge in [0, 0.05) is 17.6 Å². The summed E-state index contributed by atoms with van der Waals surface area (Å²) in [5, 5.41) is 0. The van der Waals surface area contributed by atoms with Crippen LogP contribution in [0.4, 0.5) is 4.39 Å².